The Hall–Kier alpha value is -2.06. The van der Waals surface area contributed by atoms with Gasteiger partial charge in [-0.15, -0.1) is 0 Å². The van der Waals surface area contributed by atoms with Gasteiger partial charge >= 0.3 is 6.18 Å². The van der Waals surface area contributed by atoms with Crippen molar-refractivity contribution >= 4 is 17.5 Å². The second-order valence-electron chi connectivity index (χ2n) is 6.03. The average molecular weight is 374 g/mol. The lowest BCUT2D eigenvalue weighted by Gasteiger charge is -2.34. The van der Waals surface area contributed by atoms with Crippen LogP contribution in [-0.2, 0) is 17.8 Å². The summed E-state index contributed by atoms with van der Waals surface area (Å²) in [7, 11) is 0. The molecule has 1 amide bonds. The van der Waals surface area contributed by atoms with Crippen LogP contribution in [0.5, 0.6) is 0 Å². The van der Waals surface area contributed by atoms with E-state index in [0.29, 0.717) is 24.1 Å². The standard InChI is InChI=1S/C16H15ClF3N3O2/c1-15(25,16(18,19)20)14(24)22-7-6-13-12(8-22)21-9-23(13)11-4-2-10(17)3-5-11/h2-5,9,25H,6-8H2,1H3. The SMILES string of the molecule is CC(O)(C(=O)N1CCc2c(ncn2-c2ccc(Cl)cc2)C1)C(F)(F)F. The molecule has 1 aromatic heterocycles. The molecule has 1 aliphatic heterocycles. The van der Waals surface area contributed by atoms with Gasteiger partial charge in [0.25, 0.3) is 5.91 Å². The van der Waals surface area contributed by atoms with Crippen LogP contribution in [0.25, 0.3) is 5.69 Å². The van der Waals surface area contributed by atoms with Gasteiger partial charge in [0, 0.05) is 29.4 Å². The lowest BCUT2D eigenvalue weighted by atomic mass is 10.0. The minimum atomic E-state index is -5.03. The highest BCUT2D eigenvalue weighted by molar-refractivity contribution is 6.30. The van der Waals surface area contributed by atoms with Crippen LogP contribution in [0, 0.1) is 0 Å². The van der Waals surface area contributed by atoms with Crippen LogP contribution in [0.3, 0.4) is 0 Å². The van der Waals surface area contributed by atoms with E-state index in [2.05, 4.69) is 4.98 Å². The molecular weight excluding hydrogens is 359 g/mol. The molecule has 1 atom stereocenters. The van der Waals surface area contributed by atoms with Crippen molar-refractivity contribution in [3.05, 3.63) is 47.0 Å². The number of benzene rings is 1. The molecule has 25 heavy (non-hydrogen) atoms. The van der Waals surface area contributed by atoms with E-state index in [1.165, 1.54) is 0 Å². The number of carbonyl (C=O) groups excluding carboxylic acids is 1. The number of fused-ring (bicyclic) bond motifs is 1. The van der Waals surface area contributed by atoms with Crippen LogP contribution in [0.2, 0.25) is 5.02 Å². The van der Waals surface area contributed by atoms with Crippen molar-refractivity contribution in [3.63, 3.8) is 0 Å². The Balaban J connectivity index is 1.84. The van der Waals surface area contributed by atoms with Crippen molar-refractivity contribution in [2.24, 2.45) is 0 Å². The monoisotopic (exact) mass is 373 g/mol. The predicted octanol–water partition coefficient (Wildman–Crippen LogP) is 2.72. The van der Waals surface area contributed by atoms with Gasteiger partial charge < -0.3 is 14.6 Å². The first-order chi connectivity index (χ1) is 11.6. The van der Waals surface area contributed by atoms with Crippen LogP contribution in [-0.4, -0.2) is 43.8 Å². The number of rotatable bonds is 2. The van der Waals surface area contributed by atoms with Crippen molar-refractivity contribution in [2.45, 2.75) is 31.7 Å². The third-order valence-electron chi connectivity index (χ3n) is 4.27. The maximum Gasteiger partial charge on any atom is 0.426 e. The Morgan fingerprint density at radius 2 is 1.92 bits per heavy atom. The smallest absolute Gasteiger partial charge is 0.373 e. The van der Waals surface area contributed by atoms with Gasteiger partial charge in [0.2, 0.25) is 5.60 Å². The summed E-state index contributed by atoms with van der Waals surface area (Å²) in [6.07, 6.45) is -3.14. The third kappa shape index (κ3) is 3.11. The molecule has 134 valence electrons. The molecule has 0 saturated heterocycles. The van der Waals surface area contributed by atoms with Crippen molar-refractivity contribution in [1.29, 1.82) is 0 Å². The summed E-state index contributed by atoms with van der Waals surface area (Å²) in [6, 6.07) is 7.05. The molecule has 0 bridgehead atoms. The second-order valence-corrected chi connectivity index (χ2v) is 6.47. The summed E-state index contributed by atoms with van der Waals surface area (Å²) < 4.78 is 40.4. The molecule has 5 nitrogen and oxygen atoms in total. The molecule has 2 aromatic rings. The minimum absolute atomic E-state index is 0.0668. The van der Waals surface area contributed by atoms with Crippen LogP contribution in [0.15, 0.2) is 30.6 Å². The summed E-state index contributed by atoms with van der Waals surface area (Å²) in [4.78, 5) is 17.3. The number of hydrogen-bond donors (Lipinski definition) is 1. The number of amides is 1. The molecular formula is C16H15ClF3N3O2. The van der Waals surface area contributed by atoms with Crippen LogP contribution >= 0.6 is 11.6 Å². The lowest BCUT2D eigenvalue weighted by molar-refractivity contribution is -0.250. The van der Waals surface area contributed by atoms with Gasteiger partial charge in [0.05, 0.1) is 18.6 Å². The largest absolute Gasteiger partial charge is 0.426 e. The first-order valence-corrected chi connectivity index (χ1v) is 7.88. The number of aliphatic hydroxyl groups is 1. The zero-order valence-corrected chi connectivity index (χ0v) is 14.0. The van der Waals surface area contributed by atoms with E-state index >= 15 is 0 Å². The zero-order valence-electron chi connectivity index (χ0n) is 13.2. The number of imidazole rings is 1. The van der Waals surface area contributed by atoms with Gasteiger partial charge in [-0.2, -0.15) is 13.2 Å². The average Bonchev–Trinajstić information content (AvgIpc) is 2.97. The molecule has 0 saturated carbocycles. The highest BCUT2D eigenvalue weighted by atomic mass is 35.5. The number of halogens is 4. The Bertz CT molecular complexity index is 800. The van der Waals surface area contributed by atoms with Crippen LogP contribution in [0.1, 0.15) is 18.3 Å². The first-order valence-electron chi connectivity index (χ1n) is 7.51. The fourth-order valence-corrected chi connectivity index (χ4v) is 2.86. The Morgan fingerprint density at radius 3 is 2.52 bits per heavy atom. The number of nitrogens with zero attached hydrogens (tertiary/aromatic N) is 3. The molecule has 0 radical (unpaired) electrons. The molecule has 0 spiro atoms. The van der Waals surface area contributed by atoms with Crippen molar-refractivity contribution in [2.75, 3.05) is 6.54 Å². The predicted molar refractivity (Wildman–Crippen MR) is 84.4 cm³/mol. The number of alkyl halides is 3. The van der Waals surface area contributed by atoms with E-state index in [1.54, 1.807) is 30.6 Å². The van der Waals surface area contributed by atoms with E-state index in [4.69, 9.17) is 11.6 Å². The highest BCUT2D eigenvalue weighted by Gasteiger charge is 2.57. The Morgan fingerprint density at radius 1 is 1.28 bits per heavy atom. The highest BCUT2D eigenvalue weighted by Crippen LogP contribution is 2.33. The summed E-state index contributed by atoms with van der Waals surface area (Å²) in [5, 5.41) is 10.2. The van der Waals surface area contributed by atoms with Gasteiger partial charge in [-0.3, -0.25) is 4.79 Å². The van der Waals surface area contributed by atoms with Crippen molar-refractivity contribution in [3.8, 4) is 5.69 Å². The lowest BCUT2D eigenvalue weighted by Crippen LogP contribution is -2.56. The maximum atomic E-state index is 12.9. The number of carbonyl (C=O) groups is 1. The minimum Gasteiger partial charge on any atom is -0.373 e. The summed E-state index contributed by atoms with van der Waals surface area (Å²) in [5.41, 5.74) is -1.27. The molecule has 3 rings (SSSR count). The van der Waals surface area contributed by atoms with E-state index < -0.39 is 17.7 Å². The van der Waals surface area contributed by atoms with Gasteiger partial charge in [-0.25, -0.2) is 4.98 Å². The van der Waals surface area contributed by atoms with Gasteiger partial charge in [-0.1, -0.05) is 11.6 Å². The molecule has 1 aromatic carbocycles. The zero-order chi connectivity index (χ0) is 18.4. The van der Waals surface area contributed by atoms with Crippen molar-refractivity contribution < 1.29 is 23.1 Å². The van der Waals surface area contributed by atoms with E-state index in [0.717, 1.165) is 16.3 Å². The number of aromatic nitrogens is 2. The van der Waals surface area contributed by atoms with Crippen LogP contribution < -0.4 is 0 Å². The van der Waals surface area contributed by atoms with E-state index in [1.807, 2.05) is 4.57 Å². The van der Waals surface area contributed by atoms with E-state index in [9.17, 15) is 23.1 Å². The van der Waals surface area contributed by atoms with Gasteiger partial charge in [-0.05, 0) is 31.2 Å². The van der Waals surface area contributed by atoms with Crippen molar-refractivity contribution in [1.82, 2.24) is 14.5 Å². The fraction of sp³-hybridized carbons (Fsp3) is 0.375. The molecule has 0 fully saturated rings. The second kappa shape index (κ2) is 6.03. The molecule has 9 heteroatoms. The molecule has 1 N–H and O–H groups in total. The maximum absolute atomic E-state index is 12.9. The van der Waals surface area contributed by atoms with Gasteiger partial charge in [0.1, 0.15) is 0 Å². The summed E-state index contributed by atoms with van der Waals surface area (Å²) >= 11 is 5.87. The fourth-order valence-electron chi connectivity index (χ4n) is 2.73. The third-order valence-corrected chi connectivity index (χ3v) is 4.52. The normalized spacial score (nSPS) is 17.1. The van der Waals surface area contributed by atoms with Gasteiger partial charge in [0.15, 0.2) is 0 Å². The topological polar surface area (TPSA) is 58.4 Å². The quantitative estimate of drug-likeness (QED) is 0.880. The van der Waals surface area contributed by atoms with E-state index in [-0.39, 0.29) is 13.1 Å². The molecule has 2 heterocycles. The molecule has 0 aliphatic carbocycles. The summed E-state index contributed by atoms with van der Waals surface area (Å²) in [6.45, 7) is 0.454. The first kappa shape index (κ1) is 17.8. The van der Waals surface area contributed by atoms with Crippen LogP contribution in [0.4, 0.5) is 13.2 Å². The molecule has 1 unspecified atom stereocenters. The summed E-state index contributed by atoms with van der Waals surface area (Å²) in [5.74, 6) is -1.37. The number of hydrogen-bond acceptors (Lipinski definition) is 3. The Labute approximate surface area is 146 Å². The Kier molecular flexibility index (Phi) is 4.28. The molecule has 1 aliphatic rings.